The normalized spacial score (nSPS) is 11.1. The molecule has 0 radical (unpaired) electrons. The zero-order chi connectivity index (χ0) is 16.5. The highest BCUT2D eigenvalue weighted by atomic mass is 16.5. The number of rotatable bonds is 7. The number of hydrogen-bond acceptors (Lipinski definition) is 3. The summed E-state index contributed by atoms with van der Waals surface area (Å²) in [5.41, 5.74) is 5.04. The van der Waals surface area contributed by atoms with E-state index in [4.69, 9.17) is 4.74 Å². The van der Waals surface area contributed by atoms with Gasteiger partial charge in [-0.2, -0.15) is 5.10 Å². The van der Waals surface area contributed by atoms with Gasteiger partial charge in [0.05, 0.1) is 5.56 Å². The van der Waals surface area contributed by atoms with E-state index in [-0.39, 0.29) is 5.91 Å². The lowest BCUT2D eigenvalue weighted by atomic mass is 10.2. The molecule has 0 unspecified atom stereocenters. The van der Waals surface area contributed by atoms with Gasteiger partial charge in [0, 0.05) is 5.71 Å². The average molecular weight is 310 g/mol. The van der Waals surface area contributed by atoms with Crippen LogP contribution < -0.4 is 10.2 Å². The van der Waals surface area contributed by atoms with Crippen molar-refractivity contribution >= 4 is 11.6 Å². The smallest absolute Gasteiger partial charge is 0.275 e. The maximum absolute atomic E-state index is 12.3. The summed E-state index contributed by atoms with van der Waals surface area (Å²) in [7, 11) is 0. The van der Waals surface area contributed by atoms with Crippen LogP contribution in [-0.2, 0) is 6.61 Å². The molecule has 0 aliphatic rings. The van der Waals surface area contributed by atoms with Crippen LogP contribution in [0.15, 0.2) is 59.7 Å². The quantitative estimate of drug-likeness (QED) is 0.616. The van der Waals surface area contributed by atoms with Crippen molar-refractivity contribution in [1.29, 1.82) is 0 Å². The Balaban J connectivity index is 2.04. The fourth-order valence-electron chi connectivity index (χ4n) is 2.14. The van der Waals surface area contributed by atoms with Gasteiger partial charge in [-0.3, -0.25) is 4.79 Å². The minimum absolute atomic E-state index is 0.260. The summed E-state index contributed by atoms with van der Waals surface area (Å²) in [5.74, 6) is 0.293. The summed E-state index contributed by atoms with van der Waals surface area (Å²) in [6, 6.07) is 17.0. The Bertz CT molecular complexity index is 666. The lowest BCUT2D eigenvalue weighted by molar-refractivity contribution is 0.0950. The lowest BCUT2D eigenvalue weighted by Gasteiger charge is -2.10. The molecule has 1 amide bonds. The number of carbonyl (C=O) groups excluding carboxylic acids is 1. The van der Waals surface area contributed by atoms with Crippen molar-refractivity contribution in [3.05, 3.63) is 65.7 Å². The second-order valence-corrected chi connectivity index (χ2v) is 5.31. The third-order valence-corrected chi connectivity index (χ3v) is 3.33. The summed E-state index contributed by atoms with van der Waals surface area (Å²) in [6.45, 7) is 4.40. The highest BCUT2D eigenvalue weighted by Gasteiger charge is 2.11. The van der Waals surface area contributed by atoms with Crippen LogP contribution >= 0.6 is 0 Å². The molecule has 0 fully saturated rings. The number of hydrazone groups is 1. The molecule has 0 atom stereocenters. The molecule has 0 saturated carbocycles. The molecular formula is C19H22N2O2. The summed E-state index contributed by atoms with van der Waals surface area (Å²) in [5, 5.41) is 4.11. The van der Waals surface area contributed by atoms with Crippen LogP contribution in [0, 0.1) is 0 Å². The van der Waals surface area contributed by atoms with E-state index in [9.17, 15) is 4.79 Å². The topological polar surface area (TPSA) is 50.7 Å². The van der Waals surface area contributed by atoms with Crippen LogP contribution in [0.4, 0.5) is 0 Å². The Hall–Kier alpha value is -2.62. The second kappa shape index (κ2) is 8.73. The third kappa shape index (κ3) is 5.25. The van der Waals surface area contributed by atoms with Gasteiger partial charge in [-0.25, -0.2) is 5.43 Å². The predicted molar refractivity (Wildman–Crippen MR) is 92.7 cm³/mol. The van der Waals surface area contributed by atoms with Crippen LogP contribution in [0.25, 0.3) is 0 Å². The van der Waals surface area contributed by atoms with Gasteiger partial charge in [-0.1, -0.05) is 55.8 Å². The number of carbonyl (C=O) groups is 1. The maximum atomic E-state index is 12.3. The molecule has 0 spiro atoms. The summed E-state index contributed by atoms with van der Waals surface area (Å²) < 4.78 is 5.79. The molecule has 2 rings (SSSR count). The zero-order valence-corrected chi connectivity index (χ0v) is 13.6. The number of amides is 1. The molecule has 23 heavy (non-hydrogen) atoms. The Kier molecular flexibility index (Phi) is 6.36. The van der Waals surface area contributed by atoms with E-state index in [2.05, 4.69) is 17.5 Å². The fourth-order valence-corrected chi connectivity index (χ4v) is 2.14. The van der Waals surface area contributed by atoms with Gasteiger partial charge in [0.15, 0.2) is 0 Å². The Morgan fingerprint density at radius 1 is 1.09 bits per heavy atom. The predicted octanol–water partition coefficient (Wildman–Crippen LogP) is 4.17. The van der Waals surface area contributed by atoms with Crippen LogP contribution in [0.1, 0.15) is 42.6 Å². The monoisotopic (exact) mass is 310 g/mol. The summed E-state index contributed by atoms with van der Waals surface area (Å²) in [4.78, 5) is 12.3. The Labute approximate surface area is 137 Å². The molecule has 0 saturated heterocycles. The number of para-hydroxylation sites is 1. The first kappa shape index (κ1) is 16.7. The molecule has 120 valence electrons. The van der Waals surface area contributed by atoms with E-state index in [0.29, 0.717) is 17.9 Å². The standard InChI is InChI=1S/C19H22N2O2/c1-3-9-15(2)20-21-19(22)17-12-7-8-13-18(17)23-14-16-10-5-4-6-11-16/h4-8,10-13H,3,9,14H2,1-2H3,(H,21,22)/b20-15+. The molecular weight excluding hydrogens is 288 g/mol. The van der Waals surface area contributed by atoms with Gasteiger partial charge < -0.3 is 4.74 Å². The number of ether oxygens (including phenoxy) is 1. The lowest BCUT2D eigenvalue weighted by Crippen LogP contribution is -2.20. The molecule has 0 aliphatic carbocycles. The van der Waals surface area contributed by atoms with E-state index in [1.165, 1.54) is 0 Å². The van der Waals surface area contributed by atoms with Crippen molar-refractivity contribution in [2.75, 3.05) is 0 Å². The van der Waals surface area contributed by atoms with Crippen molar-refractivity contribution in [3.63, 3.8) is 0 Å². The van der Waals surface area contributed by atoms with E-state index in [0.717, 1.165) is 24.1 Å². The van der Waals surface area contributed by atoms with Crippen LogP contribution in [0.3, 0.4) is 0 Å². The average Bonchev–Trinajstić information content (AvgIpc) is 2.59. The molecule has 1 N–H and O–H groups in total. The largest absolute Gasteiger partial charge is 0.488 e. The second-order valence-electron chi connectivity index (χ2n) is 5.31. The van der Waals surface area contributed by atoms with E-state index >= 15 is 0 Å². The zero-order valence-electron chi connectivity index (χ0n) is 13.6. The van der Waals surface area contributed by atoms with Gasteiger partial charge in [0.25, 0.3) is 5.91 Å². The Morgan fingerprint density at radius 2 is 1.78 bits per heavy atom. The van der Waals surface area contributed by atoms with Crippen LogP contribution in [-0.4, -0.2) is 11.6 Å². The summed E-state index contributed by atoms with van der Waals surface area (Å²) in [6.07, 6.45) is 1.87. The first-order valence-corrected chi connectivity index (χ1v) is 7.80. The van der Waals surface area contributed by atoms with Crippen LogP contribution in [0.2, 0.25) is 0 Å². The molecule has 4 nitrogen and oxygen atoms in total. The molecule has 0 heterocycles. The number of benzene rings is 2. The molecule has 4 heteroatoms. The summed E-state index contributed by atoms with van der Waals surface area (Å²) >= 11 is 0. The van der Waals surface area contributed by atoms with Crippen molar-refractivity contribution in [1.82, 2.24) is 5.43 Å². The van der Waals surface area contributed by atoms with Gasteiger partial charge in [-0.05, 0) is 31.0 Å². The SMILES string of the molecule is CCC/C(C)=N/NC(=O)c1ccccc1OCc1ccccc1. The minimum Gasteiger partial charge on any atom is -0.488 e. The maximum Gasteiger partial charge on any atom is 0.275 e. The minimum atomic E-state index is -0.260. The van der Waals surface area contributed by atoms with E-state index in [1.54, 1.807) is 12.1 Å². The van der Waals surface area contributed by atoms with Gasteiger partial charge >= 0.3 is 0 Å². The first-order valence-electron chi connectivity index (χ1n) is 7.80. The van der Waals surface area contributed by atoms with Crippen molar-refractivity contribution in [3.8, 4) is 5.75 Å². The van der Waals surface area contributed by atoms with Gasteiger partial charge in [0.1, 0.15) is 12.4 Å². The van der Waals surface area contributed by atoms with Gasteiger partial charge in [-0.15, -0.1) is 0 Å². The van der Waals surface area contributed by atoms with Crippen LogP contribution in [0.5, 0.6) is 5.75 Å². The van der Waals surface area contributed by atoms with Crippen molar-refractivity contribution in [2.45, 2.75) is 33.3 Å². The van der Waals surface area contributed by atoms with Crippen molar-refractivity contribution in [2.24, 2.45) is 5.10 Å². The van der Waals surface area contributed by atoms with E-state index < -0.39 is 0 Å². The highest BCUT2D eigenvalue weighted by Crippen LogP contribution is 2.19. The molecule has 0 aromatic heterocycles. The fraction of sp³-hybridized carbons (Fsp3) is 0.263. The number of hydrogen-bond donors (Lipinski definition) is 1. The number of nitrogens with zero attached hydrogens (tertiary/aromatic N) is 1. The third-order valence-electron chi connectivity index (χ3n) is 3.33. The molecule has 2 aromatic rings. The first-order chi connectivity index (χ1) is 11.2. The molecule has 0 bridgehead atoms. The molecule has 2 aromatic carbocycles. The molecule has 0 aliphatic heterocycles. The van der Waals surface area contributed by atoms with E-state index in [1.807, 2.05) is 49.4 Å². The van der Waals surface area contributed by atoms with Gasteiger partial charge in [0.2, 0.25) is 0 Å². The highest BCUT2D eigenvalue weighted by molar-refractivity contribution is 5.97. The van der Waals surface area contributed by atoms with Crippen molar-refractivity contribution < 1.29 is 9.53 Å². The number of nitrogens with one attached hydrogen (secondary N) is 1. The Morgan fingerprint density at radius 3 is 2.52 bits per heavy atom.